The van der Waals surface area contributed by atoms with E-state index in [1.165, 1.54) is 60.7 Å². The van der Waals surface area contributed by atoms with Gasteiger partial charge in [0.15, 0.2) is 6.61 Å². The van der Waals surface area contributed by atoms with Crippen molar-refractivity contribution in [2.45, 2.75) is 13.5 Å². The summed E-state index contributed by atoms with van der Waals surface area (Å²) in [5, 5.41) is 2.65. The molecule has 10 heteroatoms. The molecule has 4 rings (SSSR count). The Morgan fingerprint density at radius 3 is 2.49 bits per heavy atom. The molecule has 0 radical (unpaired) electrons. The third kappa shape index (κ3) is 5.72. The van der Waals surface area contributed by atoms with Gasteiger partial charge in [-0.25, -0.2) is 4.39 Å². The molecular formula is C25H18F3NO6. The number of amides is 1. The third-order valence-corrected chi connectivity index (χ3v) is 4.77. The molecular weight excluding hydrogens is 467 g/mol. The molecule has 0 fully saturated rings. The molecule has 0 bridgehead atoms. The van der Waals surface area contributed by atoms with E-state index < -0.39 is 30.4 Å². The van der Waals surface area contributed by atoms with E-state index in [0.717, 1.165) is 0 Å². The molecule has 180 valence electrons. The van der Waals surface area contributed by atoms with Crippen LogP contribution in [0.15, 0.2) is 75.9 Å². The number of carbonyl (C=O) groups excluding carboxylic acids is 1. The molecule has 0 saturated heterocycles. The molecule has 4 aromatic rings. The second-order valence-electron chi connectivity index (χ2n) is 7.24. The van der Waals surface area contributed by atoms with Gasteiger partial charge in [0, 0.05) is 6.07 Å². The summed E-state index contributed by atoms with van der Waals surface area (Å²) in [6.45, 7) is -1.94. The number of anilines is 1. The highest BCUT2D eigenvalue weighted by atomic mass is 19.3. The number of halogens is 3. The maximum Gasteiger partial charge on any atom is 0.387 e. The molecule has 0 spiro atoms. The van der Waals surface area contributed by atoms with Crippen molar-refractivity contribution in [1.29, 1.82) is 0 Å². The predicted molar refractivity (Wildman–Crippen MR) is 121 cm³/mol. The number of rotatable bonds is 8. The van der Waals surface area contributed by atoms with Crippen molar-refractivity contribution in [3.8, 4) is 23.0 Å². The maximum atomic E-state index is 13.1. The molecule has 1 amide bonds. The Morgan fingerprint density at radius 2 is 1.74 bits per heavy atom. The van der Waals surface area contributed by atoms with Gasteiger partial charge in [0.2, 0.25) is 11.2 Å². The van der Waals surface area contributed by atoms with Crippen LogP contribution < -0.4 is 25.0 Å². The lowest BCUT2D eigenvalue weighted by Gasteiger charge is -2.12. The fourth-order valence-electron chi connectivity index (χ4n) is 3.20. The van der Waals surface area contributed by atoms with E-state index in [1.54, 1.807) is 13.0 Å². The number of hydrogen-bond donors (Lipinski definition) is 1. The summed E-state index contributed by atoms with van der Waals surface area (Å²) in [5.74, 6) is -0.577. The van der Waals surface area contributed by atoms with Crippen LogP contribution in [0.5, 0.6) is 23.0 Å². The first-order chi connectivity index (χ1) is 16.8. The maximum absolute atomic E-state index is 13.1. The molecule has 3 aromatic carbocycles. The zero-order valence-electron chi connectivity index (χ0n) is 18.2. The van der Waals surface area contributed by atoms with Crippen molar-refractivity contribution in [2.24, 2.45) is 0 Å². The van der Waals surface area contributed by atoms with E-state index in [4.69, 9.17) is 13.9 Å². The van der Waals surface area contributed by atoms with Crippen molar-refractivity contribution in [1.82, 2.24) is 0 Å². The van der Waals surface area contributed by atoms with E-state index >= 15 is 0 Å². The predicted octanol–water partition coefficient (Wildman–Crippen LogP) is 5.65. The second kappa shape index (κ2) is 10.2. The van der Waals surface area contributed by atoms with E-state index in [-0.39, 0.29) is 45.4 Å². The van der Waals surface area contributed by atoms with Crippen LogP contribution >= 0.6 is 0 Å². The number of benzene rings is 3. The van der Waals surface area contributed by atoms with Gasteiger partial charge in [0.1, 0.15) is 34.4 Å². The standard InChI is InChI=1S/C25H18F3NO6/c1-14-24(34-16-8-6-15(26)7-9-16)23(31)18-11-10-17(12-21(18)33-14)32-13-22(30)29-19-4-2-3-5-20(19)35-25(27)28/h2-12,25H,13H2,1H3,(H,29,30). The molecule has 0 aliphatic carbocycles. The minimum absolute atomic E-state index is 0.0400. The minimum Gasteiger partial charge on any atom is -0.484 e. The first-order valence-electron chi connectivity index (χ1n) is 10.3. The van der Waals surface area contributed by atoms with Gasteiger partial charge in [-0.2, -0.15) is 8.78 Å². The number of alkyl halides is 2. The van der Waals surface area contributed by atoms with Crippen molar-refractivity contribution in [3.05, 3.63) is 88.5 Å². The fraction of sp³-hybridized carbons (Fsp3) is 0.120. The van der Waals surface area contributed by atoms with Crippen molar-refractivity contribution in [2.75, 3.05) is 11.9 Å². The monoisotopic (exact) mass is 485 g/mol. The Morgan fingerprint density at radius 1 is 1.03 bits per heavy atom. The van der Waals surface area contributed by atoms with Gasteiger partial charge in [0.05, 0.1) is 11.1 Å². The molecule has 0 atom stereocenters. The highest BCUT2D eigenvalue weighted by Gasteiger charge is 2.16. The number of aryl methyl sites for hydroxylation is 1. The van der Waals surface area contributed by atoms with Gasteiger partial charge in [-0.1, -0.05) is 12.1 Å². The Kier molecular flexibility index (Phi) is 6.91. The quantitative estimate of drug-likeness (QED) is 0.347. The Balaban J connectivity index is 1.47. The molecule has 1 aromatic heterocycles. The SMILES string of the molecule is Cc1oc2cc(OCC(=O)Nc3ccccc3OC(F)F)ccc2c(=O)c1Oc1ccc(F)cc1. The first-order valence-corrected chi connectivity index (χ1v) is 10.3. The van der Waals surface area contributed by atoms with Crippen LogP contribution in [0.4, 0.5) is 18.9 Å². The fourth-order valence-corrected chi connectivity index (χ4v) is 3.20. The van der Waals surface area contributed by atoms with Crippen molar-refractivity contribution in [3.63, 3.8) is 0 Å². The number of hydrogen-bond acceptors (Lipinski definition) is 6. The third-order valence-electron chi connectivity index (χ3n) is 4.77. The minimum atomic E-state index is -3.04. The number of carbonyl (C=O) groups is 1. The Bertz CT molecular complexity index is 1420. The van der Waals surface area contributed by atoms with Crippen molar-refractivity contribution >= 4 is 22.6 Å². The average molecular weight is 485 g/mol. The molecule has 0 unspecified atom stereocenters. The number of ether oxygens (including phenoxy) is 3. The lowest BCUT2D eigenvalue weighted by Crippen LogP contribution is -2.21. The zero-order chi connectivity index (χ0) is 24.9. The van der Waals surface area contributed by atoms with Crippen LogP contribution in [0.25, 0.3) is 11.0 Å². The normalized spacial score (nSPS) is 10.9. The summed E-state index contributed by atoms with van der Waals surface area (Å²) in [6.07, 6.45) is 0. The van der Waals surface area contributed by atoms with Crippen LogP contribution in [0, 0.1) is 12.7 Å². The van der Waals surface area contributed by atoms with Gasteiger partial charge in [-0.3, -0.25) is 9.59 Å². The molecule has 1 N–H and O–H groups in total. The number of nitrogens with one attached hydrogen (secondary N) is 1. The number of para-hydroxylation sites is 2. The average Bonchev–Trinajstić information content (AvgIpc) is 2.82. The summed E-state index contributed by atoms with van der Waals surface area (Å²) in [5.41, 5.74) is -0.171. The summed E-state index contributed by atoms with van der Waals surface area (Å²) in [4.78, 5) is 25.1. The smallest absolute Gasteiger partial charge is 0.387 e. The summed E-state index contributed by atoms with van der Waals surface area (Å²) >= 11 is 0. The van der Waals surface area contributed by atoms with Gasteiger partial charge >= 0.3 is 6.61 Å². The van der Waals surface area contributed by atoms with Crippen LogP contribution in [0.2, 0.25) is 0 Å². The van der Waals surface area contributed by atoms with Crippen molar-refractivity contribution < 1.29 is 36.6 Å². The van der Waals surface area contributed by atoms with Gasteiger partial charge in [0.25, 0.3) is 5.91 Å². The topological polar surface area (TPSA) is 87.0 Å². The van der Waals surface area contributed by atoms with E-state index in [0.29, 0.717) is 0 Å². The lowest BCUT2D eigenvalue weighted by atomic mass is 10.2. The first kappa shape index (κ1) is 23.7. The van der Waals surface area contributed by atoms with Gasteiger partial charge in [-0.05, 0) is 55.5 Å². The van der Waals surface area contributed by atoms with Gasteiger partial charge < -0.3 is 23.9 Å². The van der Waals surface area contributed by atoms with Crippen LogP contribution in [0.1, 0.15) is 5.76 Å². The molecule has 0 aliphatic rings. The molecule has 0 aliphatic heterocycles. The van der Waals surface area contributed by atoms with Crippen LogP contribution in [0.3, 0.4) is 0 Å². The van der Waals surface area contributed by atoms with E-state index in [9.17, 15) is 22.8 Å². The summed E-state index contributed by atoms with van der Waals surface area (Å²) < 4.78 is 59.3. The molecule has 7 nitrogen and oxygen atoms in total. The lowest BCUT2D eigenvalue weighted by molar-refractivity contribution is -0.118. The molecule has 1 heterocycles. The van der Waals surface area contributed by atoms with E-state index in [2.05, 4.69) is 10.1 Å². The van der Waals surface area contributed by atoms with Crippen LogP contribution in [-0.4, -0.2) is 19.1 Å². The highest BCUT2D eigenvalue weighted by molar-refractivity contribution is 5.93. The largest absolute Gasteiger partial charge is 0.484 e. The van der Waals surface area contributed by atoms with E-state index in [1.807, 2.05) is 0 Å². The Labute approximate surface area is 196 Å². The van der Waals surface area contributed by atoms with Crippen LogP contribution in [-0.2, 0) is 4.79 Å². The zero-order valence-corrected chi connectivity index (χ0v) is 18.2. The summed E-state index contributed by atoms with van der Waals surface area (Å²) in [6, 6.07) is 15.3. The Hall–Kier alpha value is -4.47. The molecule has 35 heavy (non-hydrogen) atoms. The highest BCUT2D eigenvalue weighted by Crippen LogP contribution is 2.28. The van der Waals surface area contributed by atoms with Gasteiger partial charge in [-0.15, -0.1) is 0 Å². The summed E-state index contributed by atoms with van der Waals surface area (Å²) in [7, 11) is 0. The number of fused-ring (bicyclic) bond motifs is 1. The molecule has 0 saturated carbocycles. The second-order valence-corrected chi connectivity index (χ2v) is 7.24.